The van der Waals surface area contributed by atoms with Crippen LogP contribution in [0.2, 0.25) is 0 Å². The summed E-state index contributed by atoms with van der Waals surface area (Å²) >= 11 is 0. The molecule has 0 aromatic heterocycles. The highest BCUT2D eigenvalue weighted by molar-refractivity contribution is 5.97. The standard InChI is InChI=1S/C12H16FN3O2/c1-7-4-5-9(13)10(6-7)15-8(2)11(17)16-12(18)14-3/h4-6,8,15H,1-3H3,(H2,14,16,17,18). The van der Waals surface area contributed by atoms with Crippen molar-refractivity contribution in [3.63, 3.8) is 0 Å². The van der Waals surface area contributed by atoms with Gasteiger partial charge in [-0.2, -0.15) is 0 Å². The van der Waals surface area contributed by atoms with Gasteiger partial charge in [-0.1, -0.05) is 6.07 Å². The van der Waals surface area contributed by atoms with Gasteiger partial charge in [0, 0.05) is 7.05 Å². The van der Waals surface area contributed by atoms with Crippen LogP contribution in [-0.2, 0) is 4.79 Å². The molecule has 3 N–H and O–H groups in total. The van der Waals surface area contributed by atoms with E-state index in [9.17, 15) is 14.0 Å². The Balaban J connectivity index is 2.69. The number of halogens is 1. The third-order valence-corrected chi connectivity index (χ3v) is 2.35. The molecule has 18 heavy (non-hydrogen) atoms. The maximum absolute atomic E-state index is 13.4. The Morgan fingerprint density at radius 3 is 2.61 bits per heavy atom. The lowest BCUT2D eigenvalue weighted by Gasteiger charge is -2.15. The lowest BCUT2D eigenvalue weighted by Crippen LogP contribution is -2.44. The van der Waals surface area contributed by atoms with Crippen molar-refractivity contribution in [2.24, 2.45) is 0 Å². The highest BCUT2D eigenvalue weighted by atomic mass is 19.1. The van der Waals surface area contributed by atoms with Gasteiger partial charge in [-0.25, -0.2) is 9.18 Å². The molecule has 0 aliphatic rings. The minimum Gasteiger partial charge on any atom is -0.372 e. The number of aryl methyl sites for hydroxylation is 1. The molecule has 0 saturated heterocycles. The van der Waals surface area contributed by atoms with Crippen molar-refractivity contribution in [3.05, 3.63) is 29.6 Å². The molecule has 98 valence electrons. The Labute approximate surface area is 105 Å². The molecule has 1 unspecified atom stereocenters. The lowest BCUT2D eigenvalue weighted by atomic mass is 10.2. The number of carbonyl (C=O) groups excluding carboxylic acids is 2. The molecule has 6 heteroatoms. The fraction of sp³-hybridized carbons (Fsp3) is 0.333. The second-order valence-corrected chi connectivity index (χ2v) is 3.92. The van der Waals surface area contributed by atoms with Gasteiger partial charge in [0.15, 0.2) is 0 Å². The van der Waals surface area contributed by atoms with Crippen molar-refractivity contribution in [1.29, 1.82) is 0 Å². The van der Waals surface area contributed by atoms with Gasteiger partial charge in [0.2, 0.25) is 5.91 Å². The first-order valence-corrected chi connectivity index (χ1v) is 5.49. The second kappa shape index (κ2) is 6.00. The van der Waals surface area contributed by atoms with Crippen LogP contribution in [0.4, 0.5) is 14.9 Å². The highest BCUT2D eigenvalue weighted by Gasteiger charge is 2.16. The predicted molar refractivity (Wildman–Crippen MR) is 66.8 cm³/mol. The molecule has 1 rings (SSSR count). The number of anilines is 1. The Kier molecular flexibility index (Phi) is 4.65. The van der Waals surface area contributed by atoms with Crippen LogP contribution in [0.1, 0.15) is 12.5 Å². The molecule has 0 bridgehead atoms. The number of carbonyl (C=O) groups is 2. The van der Waals surface area contributed by atoms with E-state index < -0.39 is 23.8 Å². The van der Waals surface area contributed by atoms with E-state index in [1.807, 2.05) is 6.92 Å². The summed E-state index contributed by atoms with van der Waals surface area (Å²) < 4.78 is 13.4. The fourth-order valence-electron chi connectivity index (χ4n) is 1.33. The first-order valence-electron chi connectivity index (χ1n) is 5.49. The predicted octanol–water partition coefficient (Wildman–Crippen LogP) is 1.39. The van der Waals surface area contributed by atoms with E-state index in [4.69, 9.17) is 0 Å². The van der Waals surface area contributed by atoms with Gasteiger partial charge in [-0.3, -0.25) is 10.1 Å². The van der Waals surface area contributed by atoms with Crippen LogP contribution in [-0.4, -0.2) is 25.0 Å². The molecule has 0 saturated carbocycles. The first-order chi connectivity index (χ1) is 8.43. The molecule has 3 amide bonds. The van der Waals surface area contributed by atoms with Gasteiger partial charge in [0.25, 0.3) is 0 Å². The summed E-state index contributed by atoms with van der Waals surface area (Å²) in [7, 11) is 1.40. The summed E-state index contributed by atoms with van der Waals surface area (Å²) in [5.74, 6) is -0.976. The van der Waals surface area contributed by atoms with Crippen LogP contribution in [0.15, 0.2) is 18.2 Å². The molecule has 0 aliphatic heterocycles. The average molecular weight is 253 g/mol. The van der Waals surface area contributed by atoms with Gasteiger partial charge in [0.05, 0.1) is 5.69 Å². The zero-order valence-corrected chi connectivity index (χ0v) is 10.5. The SMILES string of the molecule is CNC(=O)NC(=O)C(C)Nc1cc(C)ccc1F. The fourth-order valence-corrected chi connectivity index (χ4v) is 1.33. The number of hydrogen-bond acceptors (Lipinski definition) is 3. The number of nitrogens with one attached hydrogen (secondary N) is 3. The normalized spacial score (nSPS) is 11.6. The zero-order chi connectivity index (χ0) is 13.7. The van der Waals surface area contributed by atoms with Crippen molar-refractivity contribution >= 4 is 17.6 Å². The van der Waals surface area contributed by atoms with Crippen LogP contribution >= 0.6 is 0 Å². The van der Waals surface area contributed by atoms with Crippen molar-refractivity contribution in [2.45, 2.75) is 19.9 Å². The van der Waals surface area contributed by atoms with Crippen molar-refractivity contribution in [1.82, 2.24) is 10.6 Å². The van der Waals surface area contributed by atoms with Crippen LogP contribution in [0.25, 0.3) is 0 Å². The number of imide groups is 1. The summed E-state index contributed by atoms with van der Waals surface area (Å²) in [4.78, 5) is 22.5. The average Bonchev–Trinajstić information content (AvgIpc) is 2.33. The Bertz CT molecular complexity index is 463. The van der Waals surface area contributed by atoms with E-state index >= 15 is 0 Å². The Morgan fingerprint density at radius 2 is 2.00 bits per heavy atom. The lowest BCUT2D eigenvalue weighted by molar-refractivity contribution is -0.120. The summed E-state index contributed by atoms with van der Waals surface area (Å²) in [6.45, 7) is 3.36. The van der Waals surface area contributed by atoms with E-state index in [2.05, 4.69) is 16.0 Å². The molecule has 1 atom stereocenters. The first kappa shape index (κ1) is 14.0. The largest absolute Gasteiger partial charge is 0.372 e. The van der Waals surface area contributed by atoms with Crippen LogP contribution < -0.4 is 16.0 Å². The van der Waals surface area contributed by atoms with Crippen molar-refractivity contribution < 1.29 is 14.0 Å². The maximum Gasteiger partial charge on any atom is 0.321 e. The summed E-state index contributed by atoms with van der Waals surface area (Å²) in [6, 6.07) is 3.23. The monoisotopic (exact) mass is 253 g/mol. The number of benzene rings is 1. The van der Waals surface area contributed by atoms with Gasteiger partial charge in [0.1, 0.15) is 11.9 Å². The topological polar surface area (TPSA) is 70.2 Å². The van der Waals surface area contributed by atoms with Gasteiger partial charge >= 0.3 is 6.03 Å². The minimum absolute atomic E-state index is 0.231. The number of hydrogen-bond donors (Lipinski definition) is 3. The van der Waals surface area contributed by atoms with E-state index in [-0.39, 0.29) is 5.69 Å². The van der Waals surface area contributed by atoms with E-state index in [1.165, 1.54) is 13.1 Å². The quantitative estimate of drug-likeness (QED) is 0.762. The molecule has 0 spiro atoms. The Hall–Kier alpha value is -2.11. The molecule has 0 fully saturated rings. The van der Waals surface area contributed by atoms with Gasteiger partial charge in [-0.15, -0.1) is 0 Å². The minimum atomic E-state index is -0.724. The van der Waals surface area contributed by atoms with Crippen molar-refractivity contribution in [2.75, 3.05) is 12.4 Å². The molecular weight excluding hydrogens is 237 g/mol. The second-order valence-electron chi connectivity index (χ2n) is 3.92. The smallest absolute Gasteiger partial charge is 0.321 e. The van der Waals surface area contributed by atoms with E-state index in [0.29, 0.717) is 0 Å². The highest BCUT2D eigenvalue weighted by Crippen LogP contribution is 2.16. The van der Waals surface area contributed by atoms with Crippen molar-refractivity contribution in [3.8, 4) is 0 Å². The molecule has 1 aromatic rings. The molecule has 5 nitrogen and oxygen atoms in total. The van der Waals surface area contributed by atoms with E-state index in [0.717, 1.165) is 5.56 Å². The molecular formula is C12H16FN3O2. The van der Waals surface area contributed by atoms with Gasteiger partial charge in [-0.05, 0) is 31.5 Å². The number of rotatable bonds is 3. The van der Waals surface area contributed by atoms with Gasteiger partial charge < -0.3 is 10.6 Å². The molecule has 1 aromatic carbocycles. The summed E-state index contributed by atoms with van der Waals surface area (Å²) in [6.07, 6.45) is 0. The summed E-state index contributed by atoms with van der Waals surface area (Å²) in [5.41, 5.74) is 1.10. The van der Waals surface area contributed by atoms with E-state index in [1.54, 1.807) is 19.1 Å². The maximum atomic E-state index is 13.4. The molecule has 0 aliphatic carbocycles. The molecule has 0 radical (unpaired) electrons. The third kappa shape index (κ3) is 3.73. The number of urea groups is 1. The van der Waals surface area contributed by atoms with Crippen LogP contribution in [0.5, 0.6) is 0 Å². The molecule has 0 heterocycles. The summed E-state index contributed by atoms with van der Waals surface area (Å²) in [5, 5.41) is 7.09. The third-order valence-electron chi connectivity index (χ3n) is 2.35. The zero-order valence-electron chi connectivity index (χ0n) is 10.5. The van der Waals surface area contributed by atoms with Crippen LogP contribution in [0.3, 0.4) is 0 Å². The van der Waals surface area contributed by atoms with Crippen LogP contribution in [0, 0.1) is 12.7 Å². The Morgan fingerprint density at radius 1 is 1.33 bits per heavy atom. The number of amides is 3.